The Hall–Kier alpha value is -2.04. The summed E-state index contributed by atoms with van der Waals surface area (Å²) in [6.07, 6.45) is 0. The Labute approximate surface area is 102 Å². The smallest absolute Gasteiger partial charge is 0.0577 e. The van der Waals surface area contributed by atoms with Crippen LogP contribution >= 0.6 is 0 Å². The number of hydrogen-bond acceptors (Lipinski definition) is 1. The van der Waals surface area contributed by atoms with Crippen LogP contribution in [0.15, 0.2) is 54.6 Å². The van der Waals surface area contributed by atoms with Gasteiger partial charge in [-0.15, -0.1) is 0 Å². The molecule has 0 fully saturated rings. The lowest BCUT2D eigenvalue weighted by atomic mass is 10.0. The Kier molecular flexibility index (Phi) is 3.96. The summed E-state index contributed by atoms with van der Waals surface area (Å²) < 4.78 is 0. The molecule has 0 amide bonds. The molecule has 1 heteroatoms. The standard InChI is InChI=1S/C16H15N/c1-17-13-7-11-15-10-5-6-12-16(15)14-8-3-2-4-9-14/h2-6,8-10,12,17H,13H2,1H3. The molecule has 2 aromatic carbocycles. The lowest BCUT2D eigenvalue weighted by Gasteiger charge is -2.04. The molecule has 0 unspecified atom stereocenters. The number of nitrogens with one attached hydrogen (secondary N) is 1. The lowest BCUT2D eigenvalue weighted by molar-refractivity contribution is 0.938. The molecule has 0 saturated heterocycles. The Morgan fingerprint density at radius 1 is 0.941 bits per heavy atom. The van der Waals surface area contributed by atoms with Crippen LogP contribution in [-0.2, 0) is 0 Å². The van der Waals surface area contributed by atoms with Gasteiger partial charge >= 0.3 is 0 Å². The van der Waals surface area contributed by atoms with Crippen LogP contribution in [0.3, 0.4) is 0 Å². The van der Waals surface area contributed by atoms with E-state index in [0.717, 1.165) is 5.56 Å². The van der Waals surface area contributed by atoms with Crippen LogP contribution in [0.25, 0.3) is 11.1 Å². The SMILES string of the molecule is CNCC#Cc1ccccc1-c1ccccc1. The van der Waals surface area contributed by atoms with Crippen molar-refractivity contribution in [1.82, 2.24) is 5.32 Å². The molecule has 2 rings (SSSR count). The largest absolute Gasteiger partial charge is 0.309 e. The van der Waals surface area contributed by atoms with Crippen molar-refractivity contribution in [1.29, 1.82) is 0 Å². The maximum atomic E-state index is 3.20. The summed E-state index contributed by atoms with van der Waals surface area (Å²) in [5.41, 5.74) is 3.48. The molecule has 0 spiro atoms. The summed E-state index contributed by atoms with van der Waals surface area (Å²) in [4.78, 5) is 0. The molecular formula is C16H15N. The summed E-state index contributed by atoms with van der Waals surface area (Å²) in [7, 11) is 1.90. The van der Waals surface area contributed by atoms with Crippen molar-refractivity contribution >= 4 is 0 Å². The van der Waals surface area contributed by atoms with Crippen molar-refractivity contribution in [2.75, 3.05) is 13.6 Å². The van der Waals surface area contributed by atoms with Gasteiger partial charge < -0.3 is 5.32 Å². The summed E-state index contributed by atoms with van der Waals surface area (Å²) in [6.45, 7) is 0.711. The minimum Gasteiger partial charge on any atom is -0.309 e. The van der Waals surface area contributed by atoms with Crippen molar-refractivity contribution in [3.05, 3.63) is 60.2 Å². The van der Waals surface area contributed by atoms with E-state index in [9.17, 15) is 0 Å². The van der Waals surface area contributed by atoms with Crippen molar-refractivity contribution in [2.45, 2.75) is 0 Å². The molecule has 1 nitrogen and oxygen atoms in total. The van der Waals surface area contributed by atoms with Gasteiger partial charge in [-0.25, -0.2) is 0 Å². The van der Waals surface area contributed by atoms with Gasteiger partial charge in [0.2, 0.25) is 0 Å². The zero-order valence-corrected chi connectivity index (χ0v) is 9.90. The Morgan fingerprint density at radius 2 is 1.65 bits per heavy atom. The van der Waals surface area contributed by atoms with Gasteiger partial charge in [0.1, 0.15) is 0 Å². The predicted octanol–water partition coefficient (Wildman–Crippen LogP) is 2.92. The van der Waals surface area contributed by atoms with Gasteiger partial charge in [0.25, 0.3) is 0 Å². The van der Waals surface area contributed by atoms with E-state index in [0.29, 0.717) is 6.54 Å². The normalized spacial score (nSPS) is 9.47. The lowest BCUT2D eigenvalue weighted by Crippen LogP contribution is -2.04. The van der Waals surface area contributed by atoms with Gasteiger partial charge in [0, 0.05) is 5.56 Å². The molecular weight excluding hydrogens is 206 g/mol. The van der Waals surface area contributed by atoms with E-state index in [1.165, 1.54) is 11.1 Å². The van der Waals surface area contributed by atoms with E-state index in [-0.39, 0.29) is 0 Å². The molecule has 0 aliphatic carbocycles. The molecule has 0 atom stereocenters. The molecule has 1 N–H and O–H groups in total. The highest BCUT2D eigenvalue weighted by Crippen LogP contribution is 2.22. The minimum atomic E-state index is 0.711. The molecule has 0 saturated carbocycles. The Balaban J connectivity index is 2.39. The molecule has 2 aromatic rings. The monoisotopic (exact) mass is 221 g/mol. The first kappa shape index (κ1) is 11.4. The van der Waals surface area contributed by atoms with Crippen molar-refractivity contribution < 1.29 is 0 Å². The van der Waals surface area contributed by atoms with Gasteiger partial charge in [-0.1, -0.05) is 60.4 Å². The third kappa shape index (κ3) is 2.96. The van der Waals surface area contributed by atoms with Crippen LogP contribution < -0.4 is 5.32 Å². The average Bonchev–Trinajstić information content (AvgIpc) is 2.41. The second kappa shape index (κ2) is 5.89. The van der Waals surface area contributed by atoms with Crippen molar-refractivity contribution in [2.24, 2.45) is 0 Å². The van der Waals surface area contributed by atoms with Crippen LogP contribution in [0.5, 0.6) is 0 Å². The van der Waals surface area contributed by atoms with Gasteiger partial charge in [-0.2, -0.15) is 0 Å². The number of hydrogen-bond donors (Lipinski definition) is 1. The first-order valence-corrected chi connectivity index (χ1v) is 5.70. The summed E-state index contributed by atoms with van der Waals surface area (Å²) >= 11 is 0. The summed E-state index contributed by atoms with van der Waals surface area (Å²) in [5.74, 6) is 6.30. The van der Waals surface area contributed by atoms with Crippen molar-refractivity contribution in [3.8, 4) is 23.0 Å². The highest BCUT2D eigenvalue weighted by atomic mass is 14.8. The molecule has 84 valence electrons. The van der Waals surface area contributed by atoms with Crippen LogP contribution in [0, 0.1) is 11.8 Å². The summed E-state index contributed by atoms with van der Waals surface area (Å²) in [6, 6.07) is 18.6. The highest BCUT2D eigenvalue weighted by molar-refractivity contribution is 5.70. The molecule has 17 heavy (non-hydrogen) atoms. The fourth-order valence-electron chi connectivity index (χ4n) is 1.69. The van der Waals surface area contributed by atoms with Gasteiger partial charge in [0.05, 0.1) is 6.54 Å². The zero-order valence-electron chi connectivity index (χ0n) is 9.90. The van der Waals surface area contributed by atoms with E-state index in [1.54, 1.807) is 0 Å². The zero-order chi connectivity index (χ0) is 11.9. The van der Waals surface area contributed by atoms with E-state index in [2.05, 4.69) is 41.4 Å². The quantitative estimate of drug-likeness (QED) is 0.769. The van der Waals surface area contributed by atoms with Crippen molar-refractivity contribution in [3.63, 3.8) is 0 Å². The topological polar surface area (TPSA) is 12.0 Å². The molecule has 0 heterocycles. The fourth-order valence-corrected chi connectivity index (χ4v) is 1.69. The summed E-state index contributed by atoms with van der Waals surface area (Å²) in [5, 5.41) is 3.02. The van der Waals surface area contributed by atoms with E-state index in [1.807, 2.05) is 37.4 Å². The minimum absolute atomic E-state index is 0.711. The van der Waals surface area contributed by atoms with Gasteiger partial charge in [-0.05, 0) is 24.2 Å². The third-order valence-electron chi connectivity index (χ3n) is 2.50. The van der Waals surface area contributed by atoms with Crippen LogP contribution in [0.4, 0.5) is 0 Å². The Bertz CT molecular complexity index is 532. The number of rotatable bonds is 2. The Morgan fingerprint density at radius 3 is 2.41 bits per heavy atom. The van der Waals surface area contributed by atoms with Gasteiger partial charge in [-0.3, -0.25) is 0 Å². The van der Waals surface area contributed by atoms with E-state index >= 15 is 0 Å². The fraction of sp³-hybridized carbons (Fsp3) is 0.125. The molecule has 0 radical (unpaired) electrons. The third-order valence-corrected chi connectivity index (χ3v) is 2.50. The molecule has 0 aliphatic rings. The maximum absolute atomic E-state index is 3.20. The average molecular weight is 221 g/mol. The van der Waals surface area contributed by atoms with E-state index < -0.39 is 0 Å². The van der Waals surface area contributed by atoms with Crippen LogP contribution in [0.2, 0.25) is 0 Å². The predicted molar refractivity (Wildman–Crippen MR) is 72.7 cm³/mol. The maximum Gasteiger partial charge on any atom is 0.0577 e. The van der Waals surface area contributed by atoms with Gasteiger partial charge in [0.15, 0.2) is 0 Å². The second-order valence-corrected chi connectivity index (χ2v) is 3.74. The first-order chi connectivity index (χ1) is 8.42. The molecule has 0 bridgehead atoms. The first-order valence-electron chi connectivity index (χ1n) is 5.70. The van der Waals surface area contributed by atoms with E-state index in [4.69, 9.17) is 0 Å². The van der Waals surface area contributed by atoms with Crippen LogP contribution in [-0.4, -0.2) is 13.6 Å². The highest BCUT2D eigenvalue weighted by Gasteiger charge is 2.00. The van der Waals surface area contributed by atoms with Crippen LogP contribution in [0.1, 0.15) is 5.56 Å². The second-order valence-electron chi connectivity index (χ2n) is 3.74. The number of benzene rings is 2. The molecule has 0 aliphatic heterocycles. The molecule has 0 aromatic heterocycles.